The molecule has 2 N–H and O–H groups in total. The van der Waals surface area contributed by atoms with E-state index >= 15 is 0 Å². The van der Waals surface area contributed by atoms with Gasteiger partial charge in [-0.2, -0.15) is 0 Å². The van der Waals surface area contributed by atoms with E-state index in [2.05, 4.69) is 5.18 Å². The van der Waals surface area contributed by atoms with E-state index in [1.807, 2.05) is 0 Å². The van der Waals surface area contributed by atoms with Crippen LogP contribution in [0.1, 0.15) is 5.56 Å². The standard InChI is InChI=1S/C13H10FNO4/c1-7-4-9(14)11(17)6-12(7)19-13-5-8(16)2-3-10(13)15-18/h2-6,16-17H,1H3. The second-order valence-electron chi connectivity index (χ2n) is 3.91. The minimum absolute atomic E-state index is 0.0129. The highest BCUT2D eigenvalue weighted by atomic mass is 19.1. The van der Waals surface area contributed by atoms with Crippen LogP contribution in [0.5, 0.6) is 23.0 Å². The van der Waals surface area contributed by atoms with Gasteiger partial charge >= 0.3 is 0 Å². The molecule has 0 fully saturated rings. The van der Waals surface area contributed by atoms with E-state index < -0.39 is 11.6 Å². The smallest absolute Gasteiger partial charge is 0.165 e. The first-order valence-electron chi connectivity index (χ1n) is 5.34. The predicted octanol–water partition coefficient (Wildman–Crippen LogP) is 3.74. The molecule has 0 amide bonds. The molecule has 0 aliphatic heterocycles. The highest BCUT2D eigenvalue weighted by Gasteiger charge is 2.12. The van der Waals surface area contributed by atoms with Gasteiger partial charge in [0.15, 0.2) is 23.0 Å². The van der Waals surface area contributed by atoms with Crippen molar-refractivity contribution in [3.05, 3.63) is 46.6 Å². The van der Waals surface area contributed by atoms with Crippen LogP contribution in [-0.2, 0) is 0 Å². The molecular weight excluding hydrogens is 253 g/mol. The maximum absolute atomic E-state index is 13.1. The number of halogens is 1. The molecule has 0 heterocycles. The van der Waals surface area contributed by atoms with Crippen molar-refractivity contribution in [2.24, 2.45) is 5.18 Å². The van der Waals surface area contributed by atoms with E-state index in [4.69, 9.17) is 4.74 Å². The number of rotatable bonds is 3. The first kappa shape index (κ1) is 12.8. The fourth-order valence-corrected chi connectivity index (χ4v) is 1.53. The Morgan fingerprint density at radius 1 is 1.16 bits per heavy atom. The van der Waals surface area contributed by atoms with Crippen molar-refractivity contribution < 1.29 is 19.3 Å². The van der Waals surface area contributed by atoms with Crippen LogP contribution in [0.4, 0.5) is 10.1 Å². The van der Waals surface area contributed by atoms with Gasteiger partial charge in [-0.25, -0.2) is 4.39 Å². The lowest BCUT2D eigenvalue weighted by Gasteiger charge is -2.10. The summed E-state index contributed by atoms with van der Waals surface area (Å²) in [5.41, 5.74) is 0.413. The summed E-state index contributed by atoms with van der Waals surface area (Å²) >= 11 is 0. The van der Waals surface area contributed by atoms with Crippen molar-refractivity contribution in [1.82, 2.24) is 0 Å². The summed E-state index contributed by atoms with van der Waals surface area (Å²) in [4.78, 5) is 10.6. The number of hydrogen-bond donors (Lipinski definition) is 2. The number of aryl methyl sites for hydroxylation is 1. The van der Waals surface area contributed by atoms with Gasteiger partial charge in [-0.05, 0) is 35.9 Å². The number of nitrogens with zero attached hydrogens (tertiary/aromatic N) is 1. The molecule has 0 bridgehead atoms. The van der Waals surface area contributed by atoms with Crippen LogP contribution in [0, 0.1) is 17.6 Å². The normalized spacial score (nSPS) is 10.2. The topological polar surface area (TPSA) is 79.1 Å². The van der Waals surface area contributed by atoms with E-state index in [0.717, 1.165) is 12.1 Å². The minimum Gasteiger partial charge on any atom is -0.508 e. The number of phenols is 2. The quantitative estimate of drug-likeness (QED) is 0.827. The number of benzene rings is 2. The van der Waals surface area contributed by atoms with Gasteiger partial charge in [0, 0.05) is 12.1 Å². The Hall–Kier alpha value is -2.63. The fraction of sp³-hybridized carbons (Fsp3) is 0.0769. The van der Waals surface area contributed by atoms with Crippen molar-refractivity contribution >= 4 is 5.69 Å². The van der Waals surface area contributed by atoms with Gasteiger partial charge in [0.1, 0.15) is 11.5 Å². The van der Waals surface area contributed by atoms with Crippen molar-refractivity contribution in [3.8, 4) is 23.0 Å². The van der Waals surface area contributed by atoms with Gasteiger partial charge in [-0.1, -0.05) is 0 Å². The zero-order valence-electron chi connectivity index (χ0n) is 9.92. The third-order valence-corrected chi connectivity index (χ3v) is 2.51. The lowest BCUT2D eigenvalue weighted by molar-refractivity contribution is 0.419. The van der Waals surface area contributed by atoms with Crippen LogP contribution in [0.3, 0.4) is 0 Å². The van der Waals surface area contributed by atoms with Crippen LogP contribution >= 0.6 is 0 Å². The van der Waals surface area contributed by atoms with Crippen molar-refractivity contribution in [2.45, 2.75) is 6.92 Å². The van der Waals surface area contributed by atoms with Gasteiger partial charge in [-0.15, -0.1) is 4.91 Å². The number of nitroso groups, excluding NO2 is 1. The molecule has 0 atom stereocenters. The first-order valence-corrected chi connectivity index (χ1v) is 5.34. The predicted molar refractivity (Wildman–Crippen MR) is 66.4 cm³/mol. The molecule has 0 aliphatic carbocycles. The average molecular weight is 263 g/mol. The third kappa shape index (κ3) is 2.62. The maximum atomic E-state index is 13.1. The monoisotopic (exact) mass is 263 g/mol. The van der Waals surface area contributed by atoms with Gasteiger partial charge < -0.3 is 14.9 Å². The maximum Gasteiger partial charge on any atom is 0.165 e. The van der Waals surface area contributed by atoms with Gasteiger partial charge in [0.25, 0.3) is 0 Å². The van der Waals surface area contributed by atoms with E-state index in [0.29, 0.717) is 5.56 Å². The molecule has 0 saturated carbocycles. The molecule has 6 heteroatoms. The Labute approximate surface area is 107 Å². The third-order valence-electron chi connectivity index (χ3n) is 2.51. The summed E-state index contributed by atoms with van der Waals surface area (Å²) in [6.07, 6.45) is 0. The summed E-state index contributed by atoms with van der Waals surface area (Å²) in [7, 11) is 0. The van der Waals surface area contributed by atoms with Crippen molar-refractivity contribution in [2.75, 3.05) is 0 Å². The van der Waals surface area contributed by atoms with Gasteiger partial charge in [0.05, 0.1) is 0 Å². The number of aromatic hydroxyl groups is 2. The SMILES string of the molecule is Cc1cc(F)c(O)cc1Oc1cc(O)ccc1N=O. The van der Waals surface area contributed by atoms with Crippen LogP contribution < -0.4 is 4.74 Å². The Balaban J connectivity index is 2.44. The second kappa shape index (κ2) is 4.93. The Kier molecular flexibility index (Phi) is 3.33. The molecule has 0 saturated heterocycles. The Morgan fingerprint density at radius 3 is 2.58 bits per heavy atom. The first-order chi connectivity index (χ1) is 9.01. The molecule has 5 nitrogen and oxygen atoms in total. The van der Waals surface area contributed by atoms with Crippen LogP contribution in [0.25, 0.3) is 0 Å². The molecule has 0 radical (unpaired) electrons. The molecule has 19 heavy (non-hydrogen) atoms. The summed E-state index contributed by atoms with van der Waals surface area (Å²) in [6, 6.07) is 5.97. The van der Waals surface area contributed by atoms with Crippen molar-refractivity contribution in [1.29, 1.82) is 0 Å². The lowest BCUT2D eigenvalue weighted by atomic mass is 10.2. The highest BCUT2D eigenvalue weighted by molar-refractivity contribution is 5.57. The molecule has 0 spiro atoms. The van der Waals surface area contributed by atoms with Crippen molar-refractivity contribution in [3.63, 3.8) is 0 Å². The second-order valence-corrected chi connectivity index (χ2v) is 3.91. The minimum atomic E-state index is -0.769. The summed E-state index contributed by atoms with van der Waals surface area (Å²) in [6.45, 7) is 1.58. The van der Waals surface area contributed by atoms with E-state index in [1.54, 1.807) is 6.92 Å². The van der Waals surface area contributed by atoms with E-state index in [-0.39, 0.29) is 22.9 Å². The largest absolute Gasteiger partial charge is 0.508 e. The van der Waals surface area contributed by atoms with Crippen LogP contribution in [0.15, 0.2) is 35.5 Å². The molecule has 0 unspecified atom stereocenters. The molecular formula is C13H10FNO4. The molecule has 0 aromatic heterocycles. The van der Waals surface area contributed by atoms with Gasteiger partial charge in [-0.3, -0.25) is 0 Å². The molecule has 0 aliphatic rings. The fourth-order valence-electron chi connectivity index (χ4n) is 1.53. The number of phenolic OH excluding ortho intramolecular Hbond substituents is 2. The highest BCUT2D eigenvalue weighted by Crippen LogP contribution is 2.37. The van der Waals surface area contributed by atoms with Crippen LogP contribution in [0.2, 0.25) is 0 Å². The lowest BCUT2D eigenvalue weighted by Crippen LogP contribution is -1.90. The van der Waals surface area contributed by atoms with Crippen LogP contribution in [-0.4, -0.2) is 10.2 Å². The summed E-state index contributed by atoms with van der Waals surface area (Å²) in [5, 5.41) is 21.4. The summed E-state index contributed by atoms with van der Waals surface area (Å²) < 4.78 is 18.5. The number of hydrogen-bond acceptors (Lipinski definition) is 5. The summed E-state index contributed by atoms with van der Waals surface area (Å²) in [5.74, 6) is -1.26. The zero-order chi connectivity index (χ0) is 14.0. The molecule has 2 aromatic rings. The van der Waals surface area contributed by atoms with E-state index in [9.17, 15) is 19.5 Å². The Morgan fingerprint density at radius 2 is 1.89 bits per heavy atom. The number of ether oxygens (including phenoxy) is 1. The molecule has 2 aromatic carbocycles. The van der Waals surface area contributed by atoms with Gasteiger partial charge in [0.2, 0.25) is 0 Å². The zero-order valence-corrected chi connectivity index (χ0v) is 9.92. The average Bonchev–Trinajstić information content (AvgIpc) is 2.36. The Bertz CT molecular complexity index is 643. The molecule has 98 valence electrons. The molecule has 2 rings (SSSR count). The van der Waals surface area contributed by atoms with E-state index in [1.165, 1.54) is 18.2 Å².